The van der Waals surface area contributed by atoms with Crippen LogP contribution >= 0.6 is 11.3 Å². The molecule has 1 fully saturated rings. The molecule has 3 nitrogen and oxygen atoms in total. The van der Waals surface area contributed by atoms with E-state index < -0.39 is 5.67 Å². The minimum Gasteiger partial charge on any atom is -0.341 e. The molecule has 0 saturated carbocycles. The van der Waals surface area contributed by atoms with Crippen LogP contribution in [0.2, 0.25) is 0 Å². The van der Waals surface area contributed by atoms with Crippen molar-refractivity contribution in [3.8, 4) is 0 Å². The predicted molar refractivity (Wildman–Crippen MR) is 83.6 cm³/mol. The van der Waals surface area contributed by atoms with Crippen LogP contribution in [0.4, 0.5) is 9.52 Å². The summed E-state index contributed by atoms with van der Waals surface area (Å²) < 4.78 is 15.9. The smallest absolute Gasteiger partial charge is 0.186 e. The molecule has 1 aliphatic heterocycles. The first-order valence-electron chi connectivity index (χ1n) is 6.86. The predicted octanol–water partition coefficient (Wildman–Crippen LogP) is 3.68. The summed E-state index contributed by atoms with van der Waals surface area (Å²) in [6.45, 7) is 2.74. The quantitative estimate of drug-likeness (QED) is 0.723. The summed E-state index contributed by atoms with van der Waals surface area (Å²) in [4.78, 5) is 10.6. The molecule has 5 heteroatoms. The highest BCUT2D eigenvalue weighted by Crippen LogP contribution is 2.41. The minimum absolute atomic E-state index is 0.345. The third-order valence-corrected chi connectivity index (χ3v) is 4.96. The normalized spacial score (nSPS) is 17.0. The molecule has 0 unspecified atom stereocenters. The Morgan fingerprint density at radius 3 is 2.90 bits per heavy atom. The highest BCUT2D eigenvalue weighted by Gasteiger charge is 2.46. The fourth-order valence-corrected chi connectivity index (χ4v) is 3.61. The van der Waals surface area contributed by atoms with Gasteiger partial charge in [0.15, 0.2) is 10.8 Å². The van der Waals surface area contributed by atoms with E-state index in [2.05, 4.69) is 35.1 Å². The van der Waals surface area contributed by atoms with Crippen molar-refractivity contribution in [1.29, 1.82) is 0 Å². The average Bonchev–Trinajstić information content (AvgIpc) is 2.87. The molecule has 2 aromatic heterocycles. The first-order valence-corrected chi connectivity index (χ1v) is 7.67. The maximum absolute atomic E-state index is 14.8. The summed E-state index contributed by atoms with van der Waals surface area (Å²) in [7, 11) is 0. The molecular formula is C16H14FN3S. The van der Waals surface area contributed by atoms with Crippen LogP contribution in [0.15, 0.2) is 42.7 Å². The lowest BCUT2D eigenvalue weighted by atomic mass is 9.90. The second-order valence-electron chi connectivity index (χ2n) is 5.53. The third-order valence-electron chi connectivity index (χ3n) is 3.86. The second-order valence-corrected chi connectivity index (χ2v) is 6.54. The zero-order valence-electron chi connectivity index (χ0n) is 11.6. The monoisotopic (exact) mass is 299 g/mol. The first-order chi connectivity index (χ1) is 10.1. The SMILES string of the molecule is Cc1ccc2sc(N3CC(F)(c4cccnc4)C3)nc2c1. The second kappa shape index (κ2) is 4.49. The maximum Gasteiger partial charge on any atom is 0.186 e. The Bertz CT molecular complexity index is 794. The summed E-state index contributed by atoms with van der Waals surface area (Å²) in [5.74, 6) is 0. The van der Waals surface area contributed by atoms with E-state index in [0.717, 1.165) is 15.3 Å². The minimum atomic E-state index is -1.30. The Morgan fingerprint density at radius 2 is 2.14 bits per heavy atom. The third kappa shape index (κ3) is 2.08. The number of alkyl halides is 1. The number of hydrogen-bond donors (Lipinski definition) is 0. The number of anilines is 1. The zero-order chi connectivity index (χ0) is 14.4. The molecule has 21 heavy (non-hydrogen) atoms. The summed E-state index contributed by atoms with van der Waals surface area (Å²) in [5.41, 5.74) is 1.53. The van der Waals surface area contributed by atoms with Gasteiger partial charge in [-0.25, -0.2) is 9.37 Å². The molecule has 0 spiro atoms. The van der Waals surface area contributed by atoms with Gasteiger partial charge in [0.25, 0.3) is 0 Å². The number of pyridine rings is 1. The summed E-state index contributed by atoms with van der Waals surface area (Å²) in [6.07, 6.45) is 3.28. The van der Waals surface area contributed by atoms with E-state index in [1.54, 1.807) is 35.9 Å². The van der Waals surface area contributed by atoms with Crippen LogP contribution in [-0.2, 0) is 5.67 Å². The van der Waals surface area contributed by atoms with Crippen LogP contribution in [0.5, 0.6) is 0 Å². The maximum atomic E-state index is 14.8. The Hall–Kier alpha value is -2.01. The van der Waals surface area contributed by atoms with E-state index in [9.17, 15) is 4.39 Å². The number of benzene rings is 1. The zero-order valence-corrected chi connectivity index (χ0v) is 12.4. The molecule has 4 rings (SSSR count). The lowest BCUT2D eigenvalue weighted by Gasteiger charge is -2.44. The van der Waals surface area contributed by atoms with Gasteiger partial charge in [-0.1, -0.05) is 23.5 Å². The standard InChI is InChI=1S/C16H14FN3S/c1-11-4-5-14-13(7-11)19-15(21-14)20-9-16(17,10-20)12-3-2-6-18-8-12/h2-8H,9-10H2,1H3. The highest BCUT2D eigenvalue weighted by atomic mass is 32.1. The Labute approximate surface area is 126 Å². The average molecular weight is 299 g/mol. The molecule has 3 aromatic rings. The van der Waals surface area contributed by atoms with E-state index in [-0.39, 0.29) is 0 Å². The van der Waals surface area contributed by atoms with Crippen molar-refractivity contribution in [3.05, 3.63) is 53.9 Å². The number of halogens is 1. The van der Waals surface area contributed by atoms with Gasteiger partial charge in [0, 0.05) is 18.0 Å². The molecule has 0 atom stereocenters. The van der Waals surface area contributed by atoms with Gasteiger partial charge in [-0.15, -0.1) is 0 Å². The number of rotatable bonds is 2. The lowest BCUT2D eigenvalue weighted by Crippen LogP contribution is -2.57. The number of nitrogens with zero attached hydrogens (tertiary/aromatic N) is 3. The van der Waals surface area contributed by atoms with Crippen molar-refractivity contribution in [2.45, 2.75) is 12.6 Å². The van der Waals surface area contributed by atoms with E-state index in [4.69, 9.17) is 0 Å². The number of aromatic nitrogens is 2. The topological polar surface area (TPSA) is 29.0 Å². The molecule has 0 aliphatic carbocycles. The molecule has 0 radical (unpaired) electrons. The van der Waals surface area contributed by atoms with E-state index in [0.29, 0.717) is 18.7 Å². The van der Waals surface area contributed by atoms with Gasteiger partial charge in [0.05, 0.1) is 23.3 Å². The van der Waals surface area contributed by atoms with Crippen LogP contribution in [0, 0.1) is 6.92 Å². The Balaban J connectivity index is 1.59. The van der Waals surface area contributed by atoms with Crippen molar-refractivity contribution < 1.29 is 4.39 Å². The molecule has 1 aromatic carbocycles. The highest BCUT2D eigenvalue weighted by molar-refractivity contribution is 7.22. The van der Waals surface area contributed by atoms with E-state index in [1.807, 2.05) is 4.90 Å². The van der Waals surface area contributed by atoms with Crippen molar-refractivity contribution in [2.75, 3.05) is 18.0 Å². The van der Waals surface area contributed by atoms with Gasteiger partial charge in [0.1, 0.15) is 0 Å². The molecule has 0 amide bonds. The fourth-order valence-electron chi connectivity index (χ4n) is 2.66. The lowest BCUT2D eigenvalue weighted by molar-refractivity contribution is 0.119. The van der Waals surface area contributed by atoms with Gasteiger partial charge < -0.3 is 4.90 Å². The number of aryl methyl sites for hydroxylation is 1. The summed E-state index contributed by atoms with van der Waals surface area (Å²) in [6, 6.07) is 9.80. The molecule has 0 N–H and O–H groups in total. The molecule has 0 bridgehead atoms. The van der Waals surface area contributed by atoms with Crippen LogP contribution < -0.4 is 4.90 Å². The van der Waals surface area contributed by atoms with Gasteiger partial charge in [-0.3, -0.25) is 4.98 Å². The van der Waals surface area contributed by atoms with Crippen molar-refractivity contribution >= 4 is 26.7 Å². The molecule has 3 heterocycles. The van der Waals surface area contributed by atoms with Crippen LogP contribution in [-0.4, -0.2) is 23.1 Å². The molecule has 1 saturated heterocycles. The van der Waals surface area contributed by atoms with Gasteiger partial charge >= 0.3 is 0 Å². The largest absolute Gasteiger partial charge is 0.341 e. The van der Waals surface area contributed by atoms with E-state index in [1.165, 1.54) is 5.56 Å². The van der Waals surface area contributed by atoms with Crippen LogP contribution in [0.3, 0.4) is 0 Å². The van der Waals surface area contributed by atoms with Crippen molar-refractivity contribution in [2.24, 2.45) is 0 Å². The van der Waals surface area contributed by atoms with Crippen molar-refractivity contribution in [1.82, 2.24) is 9.97 Å². The van der Waals surface area contributed by atoms with E-state index >= 15 is 0 Å². The number of hydrogen-bond acceptors (Lipinski definition) is 4. The molecule has 106 valence electrons. The Kier molecular flexibility index (Phi) is 2.72. The number of fused-ring (bicyclic) bond motifs is 1. The fraction of sp³-hybridized carbons (Fsp3) is 0.250. The molecular weight excluding hydrogens is 285 g/mol. The Morgan fingerprint density at radius 1 is 1.29 bits per heavy atom. The summed E-state index contributed by atoms with van der Waals surface area (Å²) in [5, 5.41) is 0.896. The van der Waals surface area contributed by atoms with Crippen LogP contribution in [0.25, 0.3) is 10.2 Å². The van der Waals surface area contributed by atoms with Crippen molar-refractivity contribution in [3.63, 3.8) is 0 Å². The first kappa shape index (κ1) is 12.7. The number of thiazole rings is 1. The van der Waals surface area contributed by atoms with Gasteiger partial charge in [-0.2, -0.15) is 0 Å². The molecule has 1 aliphatic rings. The van der Waals surface area contributed by atoms with Crippen LogP contribution in [0.1, 0.15) is 11.1 Å². The summed E-state index contributed by atoms with van der Waals surface area (Å²) >= 11 is 1.62. The van der Waals surface area contributed by atoms with Gasteiger partial charge in [-0.05, 0) is 30.7 Å². The van der Waals surface area contributed by atoms with Gasteiger partial charge in [0.2, 0.25) is 0 Å².